The Morgan fingerprint density at radius 1 is 1.15 bits per heavy atom. The Labute approximate surface area is 120 Å². The molecule has 0 aliphatic carbocycles. The summed E-state index contributed by atoms with van der Waals surface area (Å²) >= 11 is 5.48. The summed E-state index contributed by atoms with van der Waals surface area (Å²) in [6.45, 7) is 0.117. The number of nitrogens with zero attached hydrogens (tertiary/aromatic N) is 1. The maximum atomic E-state index is 13.2. The van der Waals surface area contributed by atoms with Gasteiger partial charge in [0.25, 0.3) is 0 Å². The molecule has 0 spiro atoms. The van der Waals surface area contributed by atoms with E-state index in [0.717, 1.165) is 6.20 Å². The van der Waals surface area contributed by atoms with Gasteiger partial charge in [0.05, 0.1) is 17.6 Å². The second-order valence-electron chi connectivity index (χ2n) is 3.88. The van der Waals surface area contributed by atoms with Crippen LogP contribution in [0.15, 0.2) is 36.7 Å². The molecule has 0 bridgehead atoms. The van der Waals surface area contributed by atoms with Gasteiger partial charge in [0.15, 0.2) is 0 Å². The first-order chi connectivity index (χ1) is 9.69. The molecule has 0 amide bonds. The molecule has 0 aliphatic rings. The standard InChI is InChI=1S/C15H10ClF2NO/c16-5-1-2-12-7-13(17)3-4-15(12)20-10-11-6-14(18)9-19-8-11/h3-4,6-9H,5,10H2. The third kappa shape index (κ3) is 3.94. The molecule has 20 heavy (non-hydrogen) atoms. The van der Waals surface area contributed by atoms with Crippen LogP contribution in [0.25, 0.3) is 0 Å². The molecule has 0 aliphatic heterocycles. The Balaban J connectivity index is 2.16. The normalized spacial score (nSPS) is 9.75. The number of benzene rings is 1. The van der Waals surface area contributed by atoms with E-state index >= 15 is 0 Å². The average Bonchev–Trinajstić information content (AvgIpc) is 2.44. The summed E-state index contributed by atoms with van der Waals surface area (Å²) in [6.07, 6.45) is 2.61. The van der Waals surface area contributed by atoms with E-state index in [1.807, 2.05) is 0 Å². The largest absolute Gasteiger partial charge is 0.488 e. The lowest BCUT2D eigenvalue weighted by atomic mass is 10.2. The number of ether oxygens (including phenoxy) is 1. The van der Waals surface area contributed by atoms with Crippen molar-refractivity contribution in [1.29, 1.82) is 0 Å². The molecule has 0 N–H and O–H groups in total. The molecule has 102 valence electrons. The summed E-state index contributed by atoms with van der Waals surface area (Å²) in [5.41, 5.74) is 0.973. The van der Waals surface area contributed by atoms with Crippen molar-refractivity contribution in [3.63, 3.8) is 0 Å². The van der Waals surface area contributed by atoms with Crippen LogP contribution in [0.3, 0.4) is 0 Å². The van der Waals surface area contributed by atoms with Crippen LogP contribution >= 0.6 is 11.6 Å². The SMILES string of the molecule is Fc1cncc(COc2ccc(F)cc2C#CCCl)c1. The lowest BCUT2D eigenvalue weighted by Crippen LogP contribution is -1.99. The summed E-state index contributed by atoms with van der Waals surface area (Å²) in [7, 11) is 0. The van der Waals surface area contributed by atoms with Gasteiger partial charge in [-0.15, -0.1) is 11.6 Å². The number of aromatic nitrogens is 1. The van der Waals surface area contributed by atoms with Crippen molar-refractivity contribution in [3.8, 4) is 17.6 Å². The van der Waals surface area contributed by atoms with E-state index in [4.69, 9.17) is 16.3 Å². The summed E-state index contributed by atoms with van der Waals surface area (Å²) in [5.74, 6) is 5.05. The van der Waals surface area contributed by atoms with E-state index in [-0.39, 0.29) is 12.5 Å². The monoisotopic (exact) mass is 293 g/mol. The van der Waals surface area contributed by atoms with Crippen molar-refractivity contribution in [1.82, 2.24) is 4.98 Å². The molecular formula is C15H10ClF2NO. The highest BCUT2D eigenvalue weighted by Gasteiger charge is 2.04. The third-order valence-corrected chi connectivity index (χ3v) is 2.52. The van der Waals surface area contributed by atoms with Gasteiger partial charge < -0.3 is 4.74 Å². The van der Waals surface area contributed by atoms with Crippen LogP contribution in [-0.2, 0) is 6.61 Å². The van der Waals surface area contributed by atoms with Crippen molar-refractivity contribution < 1.29 is 13.5 Å². The third-order valence-electron chi connectivity index (χ3n) is 2.39. The molecule has 0 fully saturated rings. The van der Waals surface area contributed by atoms with Crippen LogP contribution in [-0.4, -0.2) is 10.9 Å². The first kappa shape index (κ1) is 14.3. The van der Waals surface area contributed by atoms with Crippen LogP contribution in [0.1, 0.15) is 11.1 Å². The van der Waals surface area contributed by atoms with Crippen LogP contribution in [0.4, 0.5) is 8.78 Å². The van der Waals surface area contributed by atoms with Crippen molar-refractivity contribution in [2.75, 3.05) is 5.88 Å². The maximum Gasteiger partial charge on any atom is 0.141 e. The molecular weight excluding hydrogens is 284 g/mol. The number of hydrogen-bond acceptors (Lipinski definition) is 2. The van der Waals surface area contributed by atoms with E-state index in [2.05, 4.69) is 16.8 Å². The van der Waals surface area contributed by atoms with Gasteiger partial charge in [0.2, 0.25) is 0 Å². The smallest absolute Gasteiger partial charge is 0.141 e. The fraction of sp³-hybridized carbons (Fsp3) is 0.133. The number of hydrogen-bond donors (Lipinski definition) is 0. The first-order valence-electron chi connectivity index (χ1n) is 5.75. The molecule has 1 aromatic carbocycles. The van der Waals surface area contributed by atoms with Gasteiger partial charge in [0, 0.05) is 11.8 Å². The highest BCUT2D eigenvalue weighted by atomic mass is 35.5. The Hall–Kier alpha value is -2.12. The molecule has 0 unspecified atom stereocenters. The summed E-state index contributed by atoms with van der Waals surface area (Å²) in [5, 5.41) is 0. The predicted molar refractivity (Wildman–Crippen MR) is 72.5 cm³/mol. The second kappa shape index (κ2) is 6.88. The Kier molecular flexibility index (Phi) is 4.91. The molecule has 0 saturated heterocycles. The zero-order valence-electron chi connectivity index (χ0n) is 10.4. The zero-order chi connectivity index (χ0) is 14.4. The minimum absolute atomic E-state index is 0.117. The van der Waals surface area contributed by atoms with Crippen molar-refractivity contribution in [3.05, 3.63) is 59.4 Å². The zero-order valence-corrected chi connectivity index (χ0v) is 11.1. The van der Waals surface area contributed by atoms with E-state index < -0.39 is 11.6 Å². The molecule has 2 aromatic rings. The van der Waals surface area contributed by atoms with Crippen LogP contribution in [0.5, 0.6) is 5.75 Å². The Morgan fingerprint density at radius 3 is 2.75 bits per heavy atom. The van der Waals surface area contributed by atoms with Crippen molar-refractivity contribution in [2.45, 2.75) is 6.61 Å². The fourth-order valence-corrected chi connectivity index (χ4v) is 1.62. The number of alkyl halides is 1. The van der Waals surface area contributed by atoms with E-state index in [1.54, 1.807) is 0 Å². The van der Waals surface area contributed by atoms with Crippen molar-refractivity contribution in [2.24, 2.45) is 0 Å². The molecule has 1 aromatic heterocycles. The summed E-state index contributed by atoms with van der Waals surface area (Å²) in [4.78, 5) is 3.72. The van der Waals surface area contributed by atoms with Crippen LogP contribution < -0.4 is 4.74 Å². The number of pyridine rings is 1. The topological polar surface area (TPSA) is 22.1 Å². The molecule has 0 saturated carbocycles. The fourth-order valence-electron chi connectivity index (χ4n) is 1.55. The molecule has 2 rings (SSSR count). The molecule has 1 heterocycles. The molecule has 2 nitrogen and oxygen atoms in total. The summed E-state index contributed by atoms with van der Waals surface area (Å²) < 4.78 is 31.7. The van der Waals surface area contributed by atoms with Gasteiger partial charge in [-0.1, -0.05) is 11.8 Å². The number of rotatable bonds is 3. The minimum atomic E-state index is -0.438. The quantitative estimate of drug-likeness (QED) is 0.638. The Bertz CT molecular complexity index is 664. The second-order valence-corrected chi connectivity index (χ2v) is 4.14. The molecule has 5 heteroatoms. The molecule has 0 radical (unpaired) electrons. The predicted octanol–water partition coefficient (Wildman–Crippen LogP) is 3.53. The van der Waals surface area contributed by atoms with E-state index in [1.165, 1.54) is 30.5 Å². The lowest BCUT2D eigenvalue weighted by molar-refractivity contribution is 0.303. The van der Waals surface area contributed by atoms with Gasteiger partial charge >= 0.3 is 0 Å². The van der Waals surface area contributed by atoms with Crippen molar-refractivity contribution >= 4 is 11.6 Å². The van der Waals surface area contributed by atoms with E-state index in [9.17, 15) is 8.78 Å². The van der Waals surface area contributed by atoms with E-state index in [0.29, 0.717) is 16.9 Å². The minimum Gasteiger partial charge on any atom is -0.488 e. The lowest BCUT2D eigenvalue weighted by Gasteiger charge is -2.08. The van der Waals surface area contributed by atoms with Gasteiger partial charge in [0.1, 0.15) is 24.0 Å². The first-order valence-corrected chi connectivity index (χ1v) is 6.29. The van der Waals surface area contributed by atoms with Crippen LogP contribution in [0.2, 0.25) is 0 Å². The summed E-state index contributed by atoms with van der Waals surface area (Å²) in [6, 6.07) is 5.32. The highest BCUT2D eigenvalue weighted by Crippen LogP contribution is 2.20. The number of halogens is 3. The van der Waals surface area contributed by atoms with Gasteiger partial charge in [-0.25, -0.2) is 8.78 Å². The van der Waals surface area contributed by atoms with Crippen LogP contribution in [0, 0.1) is 23.5 Å². The maximum absolute atomic E-state index is 13.2. The van der Waals surface area contributed by atoms with Gasteiger partial charge in [-0.2, -0.15) is 0 Å². The van der Waals surface area contributed by atoms with Gasteiger partial charge in [-0.3, -0.25) is 4.98 Å². The molecule has 0 atom stereocenters. The Morgan fingerprint density at radius 2 is 2.00 bits per heavy atom. The average molecular weight is 294 g/mol. The van der Waals surface area contributed by atoms with Gasteiger partial charge in [-0.05, 0) is 24.3 Å². The highest BCUT2D eigenvalue weighted by molar-refractivity contribution is 6.19.